The van der Waals surface area contributed by atoms with Crippen LogP contribution in [-0.2, 0) is 15.8 Å². The van der Waals surface area contributed by atoms with E-state index >= 15 is 0 Å². The number of nitrogens with one attached hydrogen (secondary N) is 2. The molecule has 0 spiro atoms. The molecule has 0 aliphatic heterocycles. The summed E-state index contributed by atoms with van der Waals surface area (Å²) < 4.78 is 32.8. The Kier molecular flexibility index (Phi) is 8.62. The van der Waals surface area contributed by atoms with Crippen molar-refractivity contribution in [2.45, 2.75) is 17.6 Å². The number of halogens is 1. The third kappa shape index (κ3) is 6.13. The van der Waals surface area contributed by atoms with Crippen LogP contribution >= 0.6 is 23.4 Å². The molecule has 0 heterocycles. The lowest BCUT2D eigenvalue weighted by molar-refractivity contribution is 0.0952. The van der Waals surface area contributed by atoms with Crippen molar-refractivity contribution in [3.8, 4) is 5.75 Å². The molecule has 2 N–H and O–H groups in total. The molecule has 0 saturated carbocycles. The van der Waals surface area contributed by atoms with Gasteiger partial charge < -0.3 is 10.1 Å². The molecule has 0 fully saturated rings. The molecule has 0 aliphatic rings. The normalized spacial score (nSPS) is 11.2. The van der Waals surface area contributed by atoms with Gasteiger partial charge in [-0.3, -0.25) is 4.79 Å². The van der Waals surface area contributed by atoms with Crippen LogP contribution in [0.2, 0.25) is 5.02 Å². The Bertz CT molecular complexity index is 920. The number of hydrogen-bond acceptors (Lipinski definition) is 5. The molecule has 0 bridgehead atoms. The summed E-state index contributed by atoms with van der Waals surface area (Å²) in [6, 6.07) is 11.8. The summed E-state index contributed by atoms with van der Waals surface area (Å²) in [5, 5.41) is 3.35. The zero-order chi connectivity index (χ0) is 20.6. The Morgan fingerprint density at radius 1 is 1.21 bits per heavy atom. The fourth-order valence-electron chi connectivity index (χ4n) is 2.42. The summed E-state index contributed by atoms with van der Waals surface area (Å²) in [7, 11) is -2.30. The minimum absolute atomic E-state index is 0.0191. The molecule has 0 saturated heterocycles. The number of thioether (sulfide) groups is 1. The lowest BCUT2D eigenvalue weighted by Crippen LogP contribution is -2.27. The van der Waals surface area contributed by atoms with E-state index in [0.29, 0.717) is 28.8 Å². The van der Waals surface area contributed by atoms with Gasteiger partial charge in [0.25, 0.3) is 5.91 Å². The van der Waals surface area contributed by atoms with Gasteiger partial charge in [0.05, 0.1) is 17.6 Å². The van der Waals surface area contributed by atoms with Crippen LogP contribution < -0.4 is 14.8 Å². The second kappa shape index (κ2) is 10.7. The van der Waals surface area contributed by atoms with E-state index in [2.05, 4.69) is 10.0 Å². The van der Waals surface area contributed by atoms with E-state index in [4.69, 9.17) is 16.3 Å². The molecule has 152 valence electrons. The first-order valence-corrected chi connectivity index (χ1v) is 11.7. The molecule has 28 heavy (non-hydrogen) atoms. The van der Waals surface area contributed by atoms with Crippen molar-refractivity contribution in [2.75, 3.05) is 26.0 Å². The van der Waals surface area contributed by atoms with Crippen molar-refractivity contribution in [2.24, 2.45) is 0 Å². The fraction of sp³-hybridized carbons (Fsp3) is 0.316. The molecule has 1 amide bonds. The number of carbonyl (C=O) groups excluding carboxylic acids is 1. The standard InChI is InChI=1S/C19H23ClN2O4S2/c1-3-21-19(23)16-12-15(8-9-18(16)26-2)28(24,25)22-10-11-27-13-14-6-4-5-7-17(14)20/h4-9,12,22H,3,10-11,13H2,1-2H3,(H,21,23). The topological polar surface area (TPSA) is 84.5 Å². The van der Waals surface area contributed by atoms with E-state index < -0.39 is 10.0 Å². The number of sulfonamides is 1. The van der Waals surface area contributed by atoms with Crippen molar-refractivity contribution in [3.05, 3.63) is 58.6 Å². The predicted molar refractivity (Wildman–Crippen MR) is 114 cm³/mol. The van der Waals surface area contributed by atoms with E-state index in [1.54, 1.807) is 18.7 Å². The molecule has 9 heteroatoms. The van der Waals surface area contributed by atoms with E-state index in [1.807, 2.05) is 24.3 Å². The van der Waals surface area contributed by atoms with E-state index in [9.17, 15) is 13.2 Å². The summed E-state index contributed by atoms with van der Waals surface area (Å²) in [6.45, 7) is 2.48. The molecule has 2 rings (SSSR count). The lowest BCUT2D eigenvalue weighted by atomic mass is 10.2. The summed E-state index contributed by atoms with van der Waals surface area (Å²) in [4.78, 5) is 12.2. The predicted octanol–water partition coefficient (Wildman–Crippen LogP) is 3.31. The Labute approximate surface area is 175 Å². The number of carbonyl (C=O) groups is 1. The molecule has 2 aromatic rings. The minimum atomic E-state index is -3.73. The highest BCUT2D eigenvalue weighted by Gasteiger charge is 2.19. The summed E-state index contributed by atoms with van der Waals surface area (Å²) in [5.74, 6) is 1.22. The molecule has 0 aliphatic carbocycles. The van der Waals surface area contributed by atoms with Crippen molar-refractivity contribution in [1.82, 2.24) is 10.0 Å². The first-order chi connectivity index (χ1) is 13.4. The van der Waals surface area contributed by atoms with Crippen LogP contribution in [-0.4, -0.2) is 40.3 Å². The van der Waals surface area contributed by atoms with Gasteiger partial charge in [0.2, 0.25) is 10.0 Å². The second-order valence-corrected chi connectivity index (χ2v) is 9.04. The molecule has 2 aromatic carbocycles. The number of ether oxygens (including phenoxy) is 1. The maximum atomic E-state index is 12.5. The van der Waals surface area contributed by atoms with Gasteiger partial charge in [-0.1, -0.05) is 29.8 Å². The smallest absolute Gasteiger partial charge is 0.255 e. The van der Waals surface area contributed by atoms with E-state index in [-0.39, 0.29) is 22.9 Å². The van der Waals surface area contributed by atoms with Crippen molar-refractivity contribution < 1.29 is 17.9 Å². The van der Waals surface area contributed by atoms with Gasteiger partial charge in [0.15, 0.2) is 0 Å². The van der Waals surface area contributed by atoms with Crippen LogP contribution in [0.1, 0.15) is 22.8 Å². The van der Waals surface area contributed by atoms with Crippen LogP contribution in [0.3, 0.4) is 0 Å². The van der Waals surface area contributed by atoms with E-state index in [1.165, 1.54) is 25.3 Å². The zero-order valence-electron chi connectivity index (χ0n) is 15.7. The van der Waals surface area contributed by atoms with Crippen molar-refractivity contribution >= 4 is 39.3 Å². The Morgan fingerprint density at radius 2 is 1.96 bits per heavy atom. The largest absolute Gasteiger partial charge is 0.496 e. The third-order valence-corrected chi connectivity index (χ3v) is 6.65. The fourth-order valence-corrected chi connectivity index (χ4v) is 4.75. The minimum Gasteiger partial charge on any atom is -0.496 e. The summed E-state index contributed by atoms with van der Waals surface area (Å²) in [5.41, 5.74) is 1.19. The zero-order valence-corrected chi connectivity index (χ0v) is 18.1. The highest BCUT2D eigenvalue weighted by molar-refractivity contribution is 7.98. The number of hydrogen-bond donors (Lipinski definition) is 2. The highest BCUT2D eigenvalue weighted by Crippen LogP contribution is 2.23. The highest BCUT2D eigenvalue weighted by atomic mass is 35.5. The van der Waals surface area contributed by atoms with Gasteiger partial charge in [0.1, 0.15) is 5.75 Å². The average molecular weight is 443 g/mol. The Hall–Kier alpha value is -1.74. The number of rotatable bonds is 10. The quantitative estimate of drug-likeness (QED) is 0.551. The Morgan fingerprint density at radius 3 is 2.64 bits per heavy atom. The number of benzene rings is 2. The molecular weight excluding hydrogens is 420 g/mol. The van der Waals surface area contributed by atoms with Gasteiger partial charge in [0, 0.05) is 29.6 Å². The second-order valence-electron chi connectivity index (χ2n) is 5.76. The SMILES string of the molecule is CCNC(=O)c1cc(S(=O)(=O)NCCSCc2ccccc2Cl)ccc1OC. The van der Waals surface area contributed by atoms with Crippen LogP contribution in [0.25, 0.3) is 0 Å². The van der Waals surface area contributed by atoms with Gasteiger partial charge in [-0.15, -0.1) is 0 Å². The maximum Gasteiger partial charge on any atom is 0.255 e. The molecular formula is C19H23ClN2O4S2. The third-order valence-electron chi connectivity index (χ3n) is 3.82. The Balaban J connectivity index is 1.97. The van der Waals surface area contributed by atoms with Crippen molar-refractivity contribution in [3.63, 3.8) is 0 Å². The lowest BCUT2D eigenvalue weighted by Gasteiger charge is -2.12. The summed E-state index contributed by atoms with van der Waals surface area (Å²) >= 11 is 7.69. The van der Waals surface area contributed by atoms with Crippen LogP contribution in [0.15, 0.2) is 47.4 Å². The first kappa shape index (κ1) is 22.5. The van der Waals surface area contributed by atoms with Crippen LogP contribution in [0, 0.1) is 0 Å². The van der Waals surface area contributed by atoms with Crippen LogP contribution in [0.5, 0.6) is 5.75 Å². The molecule has 0 atom stereocenters. The summed E-state index contributed by atoms with van der Waals surface area (Å²) in [6.07, 6.45) is 0. The van der Waals surface area contributed by atoms with Gasteiger partial charge in [-0.25, -0.2) is 13.1 Å². The molecule has 6 nitrogen and oxygen atoms in total. The van der Waals surface area contributed by atoms with Gasteiger partial charge in [-0.2, -0.15) is 11.8 Å². The van der Waals surface area contributed by atoms with Gasteiger partial charge in [-0.05, 0) is 36.8 Å². The average Bonchev–Trinajstić information content (AvgIpc) is 2.68. The van der Waals surface area contributed by atoms with Crippen LogP contribution in [0.4, 0.5) is 0 Å². The monoisotopic (exact) mass is 442 g/mol. The maximum absolute atomic E-state index is 12.5. The molecule has 0 unspecified atom stereocenters. The molecule has 0 aromatic heterocycles. The number of methoxy groups -OCH3 is 1. The molecule has 0 radical (unpaired) electrons. The van der Waals surface area contributed by atoms with Crippen molar-refractivity contribution in [1.29, 1.82) is 0 Å². The first-order valence-electron chi connectivity index (χ1n) is 8.66. The number of amides is 1. The van der Waals surface area contributed by atoms with Gasteiger partial charge >= 0.3 is 0 Å². The van der Waals surface area contributed by atoms with E-state index in [0.717, 1.165) is 5.56 Å².